The van der Waals surface area contributed by atoms with Gasteiger partial charge in [-0.15, -0.1) is 0 Å². The Labute approximate surface area is 204 Å². The van der Waals surface area contributed by atoms with Gasteiger partial charge in [0.1, 0.15) is 5.75 Å². The molecule has 2 heterocycles. The topological polar surface area (TPSA) is 107 Å². The van der Waals surface area contributed by atoms with Gasteiger partial charge in [0.25, 0.3) is 5.91 Å². The summed E-state index contributed by atoms with van der Waals surface area (Å²) in [7, 11) is 1.61. The van der Waals surface area contributed by atoms with Crippen LogP contribution in [0.2, 0.25) is 0 Å². The van der Waals surface area contributed by atoms with Crippen LogP contribution in [-0.2, 0) is 22.5 Å². The van der Waals surface area contributed by atoms with Crippen LogP contribution in [0.4, 0.5) is 0 Å². The molecule has 0 spiro atoms. The minimum Gasteiger partial charge on any atom is -0.497 e. The van der Waals surface area contributed by atoms with Gasteiger partial charge in [0, 0.05) is 43.6 Å². The van der Waals surface area contributed by atoms with Crippen LogP contribution in [0.15, 0.2) is 53.1 Å². The average Bonchev–Trinajstić information content (AvgIpc) is 3.35. The zero-order valence-electron chi connectivity index (χ0n) is 20.2. The second-order valence-corrected chi connectivity index (χ2v) is 8.68. The highest BCUT2D eigenvalue weighted by atomic mass is 16.5. The molecule has 2 aromatic carbocycles. The first kappa shape index (κ1) is 24.4. The number of nitrogens with one attached hydrogen (secondary N) is 1. The Bertz CT molecular complexity index is 1130. The van der Waals surface area contributed by atoms with Crippen molar-refractivity contribution in [3.05, 3.63) is 65.5 Å². The second kappa shape index (κ2) is 11.1. The van der Waals surface area contributed by atoms with Gasteiger partial charge in [-0.05, 0) is 55.8 Å². The summed E-state index contributed by atoms with van der Waals surface area (Å²) in [6.45, 7) is 5.49. The maximum absolute atomic E-state index is 12.8. The fraction of sp³-hybridized carbons (Fsp3) is 0.385. The van der Waals surface area contributed by atoms with Gasteiger partial charge in [-0.25, -0.2) is 0 Å². The summed E-state index contributed by atoms with van der Waals surface area (Å²) >= 11 is 0. The highest BCUT2D eigenvalue weighted by molar-refractivity contribution is 5.94. The van der Waals surface area contributed by atoms with Crippen molar-refractivity contribution in [3.8, 4) is 17.1 Å². The molecule has 0 bridgehead atoms. The lowest BCUT2D eigenvalue weighted by Gasteiger charge is -2.35. The van der Waals surface area contributed by atoms with E-state index in [4.69, 9.17) is 14.0 Å². The Balaban J connectivity index is 1.23. The fourth-order valence-corrected chi connectivity index (χ4v) is 4.01. The van der Waals surface area contributed by atoms with E-state index >= 15 is 0 Å². The number of carbonyl (C=O) groups excluding carboxylic acids is 2. The molecule has 184 valence electrons. The van der Waals surface area contributed by atoms with E-state index < -0.39 is 0 Å². The van der Waals surface area contributed by atoms with E-state index in [1.165, 1.54) is 0 Å². The molecule has 2 amide bonds. The van der Waals surface area contributed by atoms with E-state index in [9.17, 15) is 9.59 Å². The quantitative estimate of drug-likeness (QED) is 0.530. The maximum atomic E-state index is 12.8. The minimum absolute atomic E-state index is 0.00356. The van der Waals surface area contributed by atoms with Crippen LogP contribution in [0.3, 0.4) is 0 Å². The van der Waals surface area contributed by atoms with Gasteiger partial charge in [-0.3, -0.25) is 9.59 Å². The maximum Gasteiger partial charge on any atom is 0.254 e. The zero-order chi connectivity index (χ0) is 24.8. The van der Waals surface area contributed by atoms with E-state index in [2.05, 4.69) is 15.5 Å². The molecular weight excluding hydrogens is 448 g/mol. The predicted molar refractivity (Wildman–Crippen MR) is 129 cm³/mol. The third-order valence-electron chi connectivity index (χ3n) is 5.78. The summed E-state index contributed by atoms with van der Waals surface area (Å²) in [5.41, 5.74) is 2.36. The van der Waals surface area contributed by atoms with E-state index in [0.717, 1.165) is 16.9 Å². The van der Waals surface area contributed by atoms with Crippen LogP contribution in [-0.4, -0.2) is 59.3 Å². The second-order valence-electron chi connectivity index (χ2n) is 8.68. The molecule has 9 nitrogen and oxygen atoms in total. The van der Waals surface area contributed by atoms with Crippen molar-refractivity contribution in [1.29, 1.82) is 0 Å². The van der Waals surface area contributed by atoms with E-state index in [1.54, 1.807) is 19.2 Å². The number of carbonyl (C=O) groups is 2. The third kappa shape index (κ3) is 6.45. The van der Waals surface area contributed by atoms with Gasteiger partial charge in [-0.1, -0.05) is 17.3 Å². The van der Waals surface area contributed by atoms with Gasteiger partial charge in [0.05, 0.1) is 19.3 Å². The number of benzene rings is 2. The van der Waals surface area contributed by atoms with Crippen molar-refractivity contribution in [2.24, 2.45) is 0 Å². The molecule has 1 aliphatic heterocycles. The average molecular weight is 479 g/mol. The number of morpholine rings is 1. The first-order valence-corrected chi connectivity index (χ1v) is 11.7. The summed E-state index contributed by atoms with van der Waals surface area (Å²) in [5, 5.41) is 6.87. The number of rotatable bonds is 8. The van der Waals surface area contributed by atoms with Crippen LogP contribution < -0.4 is 10.1 Å². The molecule has 1 N–H and O–H groups in total. The standard InChI is InChI=1S/C26H30N4O5/c1-17-15-30(16-18(2)34-17)26(32)21-6-4-19(5-7-21)14-27-23(31)12-13-24-28-25(29-35-24)20-8-10-22(33-3)11-9-20/h4-11,17-18H,12-16H2,1-3H3,(H,27,31). The molecule has 1 fully saturated rings. The molecule has 3 aromatic rings. The summed E-state index contributed by atoms with van der Waals surface area (Å²) in [4.78, 5) is 31.3. The molecule has 9 heteroatoms. The lowest BCUT2D eigenvalue weighted by Crippen LogP contribution is -2.48. The first-order chi connectivity index (χ1) is 16.9. The number of aryl methyl sites for hydroxylation is 1. The lowest BCUT2D eigenvalue weighted by molar-refractivity contribution is -0.121. The van der Waals surface area contributed by atoms with E-state index in [-0.39, 0.29) is 30.4 Å². The van der Waals surface area contributed by atoms with Crippen molar-refractivity contribution < 1.29 is 23.6 Å². The molecule has 4 rings (SSSR count). The van der Waals surface area contributed by atoms with Crippen molar-refractivity contribution in [1.82, 2.24) is 20.4 Å². The van der Waals surface area contributed by atoms with E-state index in [0.29, 0.717) is 43.3 Å². The number of hydrogen-bond donors (Lipinski definition) is 1. The van der Waals surface area contributed by atoms with Gasteiger partial charge >= 0.3 is 0 Å². The Hall–Kier alpha value is -3.72. The van der Waals surface area contributed by atoms with Gasteiger partial charge in [0.15, 0.2) is 0 Å². The highest BCUT2D eigenvalue weighted by Gasteiger charge is 2.26. The molecule has 0 radical (unpaired) electrons. The van der Waals surface area contributed by atoms with Crippen molar-refractivity contribution in [2.75, 3.05) is 20.2 Å². The highest BCUT2D eigenvalue weighted by Crippen LogP contribution is 2.20. The van der Waals surface area contributed by atoms with Crippen molar-refractivity contribution >= 4 is 11.8 Å². The lowest BCUT2D eigenvalue weighted by atomic mass is 10.1. The molecule has 35 heavy (non-hydrogen) atoms. The molecule has 1 saturated heterocycles. The third-order valence-corrected chi connectivity index (χ3v) is 5.78. The molecule has 0 saturated carbocycles. The molecular formula is C26H30N4O5. The largest absolute Gasteiger partial charge is 0.497 e. The molecule has 2 unspecified atom stereocenters. The molecule has 1 aromatic heterocycles. The van der Waals surface area contributed by atoms with Crippen LogP contribution in [0, 0.1) is 0 Å². The number of amides is 2. The smallest absolute Gasteiger partial charge is 0.254 e. The molecule has 1 aliphatic rings. The molecule has 0 aliphatic carbocycles. The number of nitrogens with zero attached hydrogens (tertiary/aromatic N) is 3. The first-order valence-electron chi connectivity index (χ1n) is 11.7. The van der Waals surface area contributed by atoms with Crippen LogP contribution in [0.1, 0.15) is 42.1 Å². The van der Waals surface area contributed by atoms with E-state index in [1.807, 2.05) is 55.1 Å². The Morgan fingerprint density at radius 2 is 1.74 bits per heavy atom. The predicted octanol–water partition coefficient (Wildman–Crippen LogP) is 3.24. The summed E-state index contributed by atoms with van der Waals surface area (Å²) in [5.74, 6) is 1.50. The van der Waals surface area contributed by atoms with Gasteiger partial charge < -0.3 is 24.2 Å². The van der Waals surface area contributed by atoms with Crippen molar-refractivity contribution in [2.45, 2.75) is 45.4 Å². The Morgan fingerprint density at radius 1 is 1.06 bits per heavy atom. The summed E-state index contributed by atoms with van der Waals surface area (Å²) in [6.07, 6.45) is 0.629. The van der Waals surface area contributed by atoms with Crippen LogP contribution in [0.25, 0.3) is 11.4 Å². The SMILES string of the molecule is COc1ccc(-c2noc(CCC(=O)NCc3ccc(C(=O)N4CC(C)OC(C)C4)cc3)n2)cc1. The number of hydrogen-bond acceptors (Lipinski definition) is 7. The minimum atomic E-state index is -0.120. The van der Waals surface area contributed by atoms with Gasteiger partial charge in [-0.2, -0.15) is 4.98 Å². The number of aromatic nitrogens is 2. The number of ether oxygens (including phenoxy) is 2. The van der Waals surface area contributed by atoms with Crippen molar-refractivity contribution in [3.63, 3.8) is 0 Å². The monoisotopic (exact) mass is 478 g/mol. The van der Waals surface area contributed by atoms with Gasteiger partial charge in [0.2, 0.25) is 17.6 Å². The fourth-order valence-electron chi connectivity index (χ4n) is 4.01. The number of methoxy groups -OCH3 is 1. The van der Waals surface area contributed by atoms with Crippen LogP contribution >= 0.6 is 0 Å². The summed E-state index contributed by atoms with van der Waals surface area (Å²) < 4.78 is 16.1. The molecule has 2 atom stereocenters. The van der Waals surface area contributed by atoms with Crippen LogP contribution in [0.5, 0.6) is 5.75 Å². The normalized spacial score (nSPS) is 17.7. The Morgan fingerprint density at radius 3 is 2.40 bits per heavy atom. The Kier molecular flexibility index (Phi) is 7.77. The zero-order valence-corrected chi connectivity index (χ0v) is 20.2. The summed E-state index contributed by atoms with van der Waals surface area (Å²) in [6, 6.07) is 14.7.